The van der Waals surface area contributed by atoms with Crippen molar-refractivity contribution in [3.8, 4) is 0 Å². The van der Waals surface area contributed by atoms with E-state index in [1.54, 1.807) is 6.92 Å². The van der Waals surface area contributed by atoms with E-state index in [-0.39, 0.29) is 11.0 Å². The number of halogens is 4. The number of rotatable bonds is 1. The summed E-state index contributed by atoms with van der Waals surface area (Å²) in [5, 5.41) is 0. The van der Waals surface area contributed by atoms with E-state index < -0.39 is 17.3 Å². The highest BCUT2D eigenvalue weighted by Gasteiger charge is 2.31. The highest BCUT2D eigenvalue weighted by atomic mass is 79.9. The van der Waals surface area contributed by atoms with E-state index in [2.05, 4.69) is 15.9 Å². The lowest BCUT2D eigenvalue weighted by Crippen LogP contribution is -2.22. The fourth-order valence-electron chi connectivity index (χ4n) is 0.989. The molecule has 1 rings (SSSR count). The summed E-state index contributed by atoms with van der Waals surface area (Å²) in [6, 6.07) is 0.786. The van der Waals surface area contributed by atoms with Crippen molar-refractivity contribution in [3.05, 3.63) is 32.7 Å². The molecule has 0 aromatic carbocycles. The minimum Gasteiger partial charge on any atom is -0.314 e. The highest BCUT2D eigenvalue weighted by Crippen LogP contribution is 2.29. The van der Waals surface area contributed by atoms with Crippen molar-refractivity contribution in [3.63, 3.8) is 0 Å². The zero-order valence-corrected chi connectivity index (χ0v) is 8.82. The molecule has 0 bridgehead atoms. The number of alkyl halides is 3. The van der Waals surface area contributed by atoms with Crippen LogP contribution in [0, 0.1) is 0 Å². The molecule has 0 aliphatic carbocycles. The monoisotopic (exact) mass is 269 g/mol. The molecule has 0 aliphatic heterocycles. The maximum Gasteiger partial charge on any atom is 0.417 e. The zero-order chi connectivity index (χ0) is 10.9. The van der Waals surface area contributed by atoms with Gasteiger partial charge in [0.1, 0.15) is 0 Å². The van der Waals surface area contributed by atoms with E-state index in [0.29, 0.717) is 0 Å². The Balaban J connectivity index is 3.38. The third-order valence-corrected chi connectivity index (χ3v) is 2.28. The third-order valence-electron chi connectivity index (χ3n) is 1.71. The second-order valence-electron chi connectivity index (χ2n) is 2.67. The molecule has 14 heavy (non-hydrogen) atoms. The molecule has 6 heteroatoms. The summed E-state index contributed by atoms with van der Waals surface area (Å²) in [7, 11) is 0. The van der Waals surface area contributed by atoms with E-state index in [4.69, 9.17) is 0 Å². The van der Waals surface area contributed by atoms with Crippen molar-refractivity contribution in [1.82, 2.24) is 4.57 Å². The topological polar surface area (TPSA) is 22.0 Å². The first-order chi connectivity index (χ1) is 6.36. The van der Waals surface area contributed by atoms with Crippen LogP contribution in [0.1, 0.15) is 12.5 Å². The second kappa shape index (κ2) is 3.76. The van der Waals surface area contributed by atoms with Gasteiger partial charge < -0.3 is 4.57 Å². The van der Waals surface area contributed by atoms with Gasteiger partial charge in [-0.3, -0.25) is 4.79 Å². The first kappa shape index (κ1) is 11.3. The van der Waals surface area contributed by atoms with Gasteiger partial charge in [-0.15, -0.1) is 0 Å². The Morgan fingerprint density at radius 3 is 2.50 bits per heavy atom. The molecule has 0 unspecified atom stereocenters. The summed E-state index contributed by atoms with van der Waals surface area (Å²) in [5.41, 5.74) is -1.29. The van der Waals surface area contributed by atoms with Crippen LogP contribution in [0.3, 0.4) is 0 Å². The smallest absolute Gasteiger partial charge is 0.314 e. The van der Waals surface area contributed by atoms with Gasteiger partial charge in [-0.05, 0) is 28.9 Å². The predicted molar refractivity (Wildman–Crippen MR) is 49.1 cm³/mol. The zero-order valence-electron chi connectivity index (χ0n) is 7.23. The molecular weight excluding hydrogens is 263 g/mol. The lowest BCUT2D eigenvalue weighted by Gasteiger charge is -2.09. The molecule has 0 saturated heterocycles. The van der Waals surface area contributed by atoms with Gasteiger partial charge in [0.05, 0.1) is 10.0 Å². The maximum absolute atomic E-state index is 12.3. The van der Waals surface area contributed by atoms with Crippen LogP contribution in [0.15, 0.2) is 21.5 Å². The predicted octanol–water partition coefficient (Wildman–Crippen LogP) is 2.65. The Morgan fingerprint density at radius 1 is 1.50 bits per heavy atom. The van der Waals surface area contributed by atoms with Crippen LogP contribution in [0.25, 0.3) is 0 Å². The Kier molecular flexibility index (Phi) is 3.04. The normalized spacial score (nSPS) is 11.8. The van der Waals surface area contributed by atoms with Crippen molar-refractivity contribution < 1.29 is 13.2 Å². The number of aryl methyl sites for hydroxylation is 1. The second-order valence-corrected chi connectivity index (χ2v) is 3.52. The first-order valence-electron chi connectivity index (χ1n) is 3.83. The Hall–Kier alpha value is -0.780. The molecule has 1 heterocycles. The quantitative estimate of drug-likeness (QED) is 0.768. The molecule has 0 N–H and O–H groups in total. The van der Waals surface area contributed by atoms with Crippen LogP contribution in [-0.4, -0.2) is 4.57 Å². The van der Waals surface area contributed by atoms with Gasteiger partial charge in [0.25, 0.3) is 5.56 Å². The molecule has 1 aromatic heterocycles. The molecule has 2 nitrogen and oxygen atoms in total. The van der Waals surface area contributed by atoms with Gasteiger partial charge in [-0.2, -0.15) is 13.2 Å². The summed E-state index contributed by atoms with van der Waals surface area (Å²) < 4.78 is 37.8. The van der Waals surface area contributed by atoms with Crippen LogP contribution >= 0.6 is 15.9 Å². The SMILES string of the molecule is CCn1cc(C(F)(F)F)cc(Br)c1=O. The summed E-state index contributed by atoms with van der Waals surface area (Å²) in [6.07, 6.45) is -3.61. The van der Waals surface area contributed by atoms with Crippen molar-refractivity contribution in [2.45, 2.75) is 19.6 Å². The Morgan fingerprint density at radius 2 is 2.07 bits per heavy atom. The van der Waals surface area contributed by atoms with Gasteiger partial charge in [-0.1, -0.05) is 0 Å². The molecule has 0 spiro atoms. The summed E-state index contributed by atoms with van der Waals surface area (Å²) in [5.74, 6) is 0. The van der Waals surface area contributed by atoms with Gasteiger partial charge in [-0.25, -0.2) is 0 Å². The minimum atomic E-state index is -4.42. The van der Waals surface area contributed by atoms with E-state index >= 15 is 0 Å². The lowest BCUT2D eigenvalue weighted by atomic mass is 10.3. The van der Waals surface area contributed by atoms with E-state index in [0.717, 1.165) is 16.8 Å². The van der Waals surface area contributed by atoms with Crippen molar-refractivity contribution >= 4 is 15.9 Å². The molecule has 0 atom stereocenters. The molecular formula is C8H7BrF3NO. The van der Waals surface area contributed by atoms with Gasteiger partial charge in [0, 0.05) is 12.7 Å². The summed E-state index contributed by atoms with van der Waals surface area (Å²) in [4.78, 5) is 11.2. The van der Waals surface area contributed by atoms with E-state index in [1.165, 1.54) is 0 Å². The number of nitrogens with zero attached hydrogens (tertiary/aromatic N) is 1. The minimum absolute atomic E-state index is 0.0748. The van der Waals surface area contributed by atoms with E-state index in [9.17, 15) is 18.0 Å². The van der Waals surface area contributed by atoms with Crippen LogP contribution in [0.4, 0.5) is 13.2 Å². The fourth-order valence-corrected chi connectivity index (χ4v) is 1.46. The standard InChI is InChI=1S/C8H7BrF3NO/c1-2-13-4-5(8(10,11)12)3-6(9)7(13)14/h3-4H,2H2,1H3. The lowest BCUT2D eigenvalue weighted by molar-refractivity contribution is -0.138. The summed E-state index contributed by atoms with van der Waals surface area (Å²) >= 11 is 2.80. The fraction of sp³-hybridized carbons (Fsp3) is 0.375. The van der Waals surface area contributed by atoms with Crippen LogP contribution in [-0.2, 0) is 12.7 Å². The van der Waals surface area contributed by atoms with Crippen LogP contribution in [0.2, 0.25) is 0 Å². The number of pyridine rings is 1. The highest BCUT2D eigenvalue weighted by molar-refractivity contribution is 9.10. The van der Waals surface area contributed by atoms with E-state index in [1.807, 2.05) is 0 Å². The number of hydrogen-bond donors (Lipinski definition) is 0. The molecule has 78 valence electrons. The first-order valence-corrected chi connectivity index (χ1v) is 4.62. The van der Waals surface area contributed by atoms with Gasteiger partial charge >= 0.3 is 6.18 Å². The Labute approximate surface area is 86.5 Å². The van der Waals surface area contributed by atoms with Crippen molar-refractivity contribution in [1.29, 1.82) is 0 Å². The van der Waals surface area contributed by atoms with Gasteiger partial charge in [0.15, 0.2) is 0 Å². The largest absolute Gasteiger partial charge is 0.417 e. The molecule has 0 fully saturated rings. The third kappa shape index (κ3) is 2.17. The van der Waals surface area contributed by atoms with Crippen LogP contribution in [0.5, 0.6) is 0 Å². The van der Waals surface area contributed by atoms with Crippen molar-refractivity contribution in [2.75, 3.05) is 0 Å². The van der Waals surface area contributed by atoms with Gasteiger partial charge in [0.2, 0.25) is 0 Å². The molecule has 0 radical (unpaired) electrons. The summed E-state index contributed by atoms with van der Waals surface area (Å²) in [6.45, 7) is 1.81. The molecule has 0 saturated carbocycles. The number of hydrogen-bond acceptors (Lipinski definition) is 1. The number of aromatic nitrogens is 1. The molecule has 0 aliphatic rings. The molecule has 0 amide bonds. The Bertz CT molecular complexity index is 397. The van der Waals surface area contributed by atoms with Crippen molar-refractivity contribution in [2.24, 2.45) is 0 Å². The molecule has 1 aromatic rings. The van der Waals surface area contributed by atoms with Crippen LogP contribution < -0.4 is 5.56 Å². The average molecular weight is 270 g/mol. The average Bonchev–Trinajstić information content (AvgIpc) is 2.07. The maximum atomic E-state index is 12.3.